The van der Waals surface area contributed by atoms with Gasteiger partial charge >= 0.3 is 0 Å². The van der Waals surface area contributed by atoms with E-state index in [2.05, 4.69) is 0 Å². The Morgan fingerprint density at radius 1 is 1.04 bits per heavy atom. The average molecular weight is 340 g/mol. The molecule has 0 radical (unpaired) electrons. The van der Waals surface area contributed by atoms with Crippen LogP contribution in [0.3, 0.4) is 0 Å². The normalized spacial score (nSPS) is 18.2. The van der Waals surface area contributed by atoms with Gasteiger partial charge in [0, 0.05) is 12.3 Å². The van der Waals surface area contributed by atoms with Gasteiger partial charge in [-0.15, -0.1) is 0 Å². The van der Waals surface area contributed by atoms with E-state index in [9.17, 15) is 9.90 Å². The van der Waals surface area contributed by atoms with Crippen LogP contribution >= 0.6 is 0 Å². The van der Waals surface area contributed by atoms with Gasteiger partial charge in [-0.3, -0.25) is 4.79 Å². The first-order valence-electron chi connectivity index (χ1n) is 8.76. The van der Waals surface area contributed by atoms with Crippen LogP contribution in [-0.2, 0) is 17.6 Å². The van der Waals surface area contributed by atoms with Gasteiger partial charge < -0.3 is 14.6 Å². The van der Waals surface area contributed by atoms with Crippen LogP contribution in [0.1, 0.15) is 37.3 Å². The first kappa shape index (κ1) is 17.3. The molecule has 1 unspecified atom stereocenters. The summed E-state index contributed by atoms with van der Waals surface area (Å²) in [6.45, 7) is 1.97. The van der Waals surface area contributed by atoms with Gasteiger partial charge in [-0.25, -0.2) is 0 Å². The summed E-state index contributed by atoms with van der Waals surface area (Å²) in [6, 6.07) is 11.1. The first-order chi connectivity index (χ1) is 12.1. The molecule has 25 heavy (non-hydrogen) atoms. The SMILES string of the molecule is COc1cc2ccc1Oc1cc(ccc1O)CC(C)C(=O)CCCC2. The van der Waals surface area contributed by atoms with E-state index in [-0.39, 0.29) is 17.5 Å². The van der Waals surface area contributed by atoms with Crippen molar-refractivity contribution in [1.82, 2.24) is 0 Å². The van der Waals surface area contributed by atoms with Crippen LogP contribution in [-0.4, -0.2) is 18.0 Å². The number of carbonyl (C=O) groups excluding carboxylic acids is 1. The molecule has 1 atom stereocenters. The zero-order valence-electron chi connectivity index (χ0n) is 14.7. The quantitative estimate of drug-likeness (QED) is 0.820. The second-order valence-corrected chi connectivity index (χ2v) is 6.67. The van der Waals surface area contributed by atoms with Crippen LogP contribution in [0.15, 0.2) is 36.4 Å². The summed E-state index contributed by atoms with van der Waals surface area (Å²) in [5, 5.41) is 10.1. The zero-order valence-corrected chi connectivity index (χ0v) is 14.7. The molecular weight excluding hydrogens is 316 g/mol. The van der Waals surface area contributed by atoms with E-state index in [1.54, 1.807) is 19.2 Å². The Labute approximate surface area is 148 Å². The predicted molar refractivity (Wildman–Crippen MR) is 96.6 cm³/mol. The van der Waals surface area contributed by atoms with Gasteiger partial charge in [-0.2, -0.15) is 0 Å². The lowest BCUT2D eigenvalue weighted by Crippen LogP contribution is -2.13. The monoisotopic (exact) mass is 340 g/mol. The number of phenols is 1. The maximum atomic E-state index is 12.3. The molecule has 2 aliphatic rings. The van der Waals surface area contributed by atoms with E-state index in [1.165, 1.54) is 0 Å². The third kappa shape index (κ3) is 4.13. The summed E-state index contributed by atoms with van der Waals surface area (Å²) in [5.74, 6) is 1.90. The Balaban J connectivity index is 1.99. The molecule has 0 fully saturated rings. The first-order valence-corrected chi connectivity index (χ1v) is 8.76. The van der Waals surface area contributed by atoms with Crippen LogP contribution in [0.25, 0.3) is 0 Å². The molecule has 0 aromatic heterocycles. The molecule has 4 bridgehead atoms. The summed E-state index contributed by atoms with van der Waals surface area (Å²) >= 11 is 0. The Kier molecular flexibility index (Phi) is 5.27. The fourth-order valence-electron chi connectivity index (χ4n) is 3.18. The number of hydrogen-bond donors (Lipinski definition) is 1. The number of rotatable bonds is 1. The fraction of sp³-hybridized carbons (Fsp3) is 0.381. The highest BCUT2D eigenvalue weighted by Gasteiger charge is 2.16. The lowest BCUT2D eigenvalue weighted by Gasteiger charge is -2.14. The van der Waals surface area contributed by atoms with Crippen LogP contribution < -0.4 is 9.47 Å². The minimum Gasteiger partial charge on any atom is -0.504 e. The summed E-state index contributed by atoms with van der Waals surface area (Å²) in [6.07, 6.45) is 4.01. The second kappa shape index (κ2) is 7.60. The molecule has 0 saturated heterocycles. The van der Waals surface area contributed by atoms with Crippen LogP contribution in [0, 0.1) is 5.92 Å². The van der Waals surface area contributed by atoms with Crippen molar-refractivity contribution >= 4 is 5.78 Å². The lowest BCUT2D eigenvalue weighted by atomic mass is 9.93. The number of Topliss-reactive ketones (excluding diaryl/α,β-unsaturated/α-hetero) is 1. The van der Waals surface area contributed by atoms with Crippen molar-refractivity contribution in [2.45, 2.75) is 39.0 Å². The smallest absolute Gasteiger partial charge is 0.169 e. The second-order valence-electron chi connectivity index (χ2n) is 6.67. The predicted octanol–water partition coefficient (Wildman–Crippen LogP) is 4.67. The van der Waals surface area contributed by atoms with Gasteiger partial charge in [-0.05, 0) is 61.1 Å². The molecule has 0 spiro atoms. The van der Waals surface area contributed by atoms with Crippen molar-refractivity contribution in [3.8, 4) is 23.0 Å². The van der Waals surface area contributed by atoms with Gasteiger partial charge in [-0.1, -0.05) is 19.1 Å². The van der Waals surface area contributed by atoms with Crippen molar-refractivity contribution in [2.75, 3.05) is 7.11 Å². The van der Waals surface area contributed by atoms with E-state index in [4.69, 9.17) is 9.47 Å². The third-order valence-electron chi connectivity index (χ3n) is 4.70. The molecule has 0 saturated carbocycles. The van der Waals surface area contributed by atoms with Gasteiger partial charge in [0.25, 0.3) is 0 Å². The minimum absolute atomic E-state index is 0.0367. The van der Waals surface area contributed by atoms with E-state index in [0.717, 1.165) is 30.4 Å². The van der Waals surface area contributed by atoms with Gasteiger partial charge in [0.15, 0.2) is 23.0 Å². The molecule has 0 aliphatic carbocycles. The zero-order chi connectivity index (χ0) is 17.8. The lowest BCUT2D eigenvalue weighted by molar-refractivity contribution is -0.122. The highest BCUT2D eigenvalue weighted by Crippen LogP contribution is 2.37. The van der Waals surface area contributed by atoms with E-state index >= 15 is 0 Å². The van der Waals surface area contributed by atoms with E-state index in [0.29, 0.717) is 30.1 Å². The van der Waals surface area contributed by atoms with Gasteiger partial charge in [0.1, 0.15) is 5.78 Å². The summed E-state index contributed by atoms with van der Waals surface area (Å²) < 4.78 is 11.3. The molecule has 0 amide bonds. The van der Waals surface area contributed by atoms with Gasteiger partial charge in [0.05, 0.1) is 7.11 Å². The molecular formula is C21H24O4. The van der Waals surface area contributed by atoms with Crippen molar-refractivity contribution in [3.05, 3.63) is 47.5 Å². The van der Waals surface area contributed by atoms with Crippen molar-refractivity contribution in [2.24, 2.45) is 5.92 Å². The molecule has 4 nitrogen and oxygen atoms in total. The summed E-state index contributed by atoms with van der Waals surface area (Å²) in [5.41, 5.74) is 2.12. The maximum absolute atomic E-state index is 12.3. The number of aryl methyl sites for hydroxylation is 1. The third-order valence-corrected chi connectivity index (χ3v) is 4.70. The van der Waals surface area contributed by atoms with Crippen molar-refractivity contribution in [3.63, 3.8) is 0 Å². The Hall–Kier alpha value is -2.49. The van der Waals surface area contributed by atoms with Gasteiger partial charge in [0.2, 0.25) is 0 Å². The molecule has 2 aromatic carbocycles. The number of benzene rings is 2. The number of carbonyl (C=O) groups is 1. The molecule has 2 aromatic rings. The maximum Gasteiger partial charge on any atom is 0.169 e. The number of ketones is 1. The van der Waals surface area contributed by atoms with E-state index in [1.807, 2.05) is 31.2 Å². The summed E-state index contributed by atoms with van der Waals surface area (Å²) in [7, 11) is 1.61. The standard InChI is InChI=1S/C21H24O4/c1-14-11-16-7-9-18(23)20(13-16)25-19-10-8-15(12-21(19)24-2)5-3-4-6-17(14)22/h7-10,12-14,23H,3-6,11H2,1-2H3. The Morgan fingerprint density at radius 3 is 2.60 bits per heavy atom. The molecule has 1 N–H and O–H groups in total. The minimum atomic E-state index is -0.0367. The van der Waals surface area contributed by atoms with Crippen molar-refractivity contribution in [1.29, 1.82) is 0 Å². The Bertz CT molecular complexity index is 766. The molecule has 4 rings (SSSR count). The van der Waals surface area contributed by atoms with Crippen LogP contribution in [0.5, 0.6) is 23.0 Å². The number of ether oxygens (including phenoxy) is 2. The number of methoxy groups -OCH3 is 1. The average Bonchev–Trinajstić information content (AvgIpc) is 2.62. The number of hydrogen-bond acceptors (Lipinski definition) is 4. The highest BCUT2D eigenvalue weighted by atomic mass is 16.5. The number of phenolic OH excluding ortho intramolecular Hbond substituents is 1. The topological polar surface area (TPSA) is 55.8 Å². The van der Waals surface area contributed by atoms with Crippen LogP contribution in [0.2, 0.25) is 0 Å². The van der Waals surface area contributed by atoms with Crippen molar-refractivity contribution < 1.29 is 19.4 Å². The molecule has 2 aliphatic heterocycles. The fourth-order valence-corrected chi connectivity index (χ4v) is 3.18. The van der Waals surface area contributed by atoms with Crippen LogP contribution in [0.4, 0.5) is 0 Å². The molecule has 2 heterocycles. The summed E-state index contributed by atoms with van der Waals surface area (Å²) in [4.78, 5) is 12.3. The molecule has 4 heteroatoms. The number of fused-ring (bicyclic) bond motifs is 8. The largest absolute Gasteiger partial charge is 0.504 e. The highest BCUT2D eigenvalue weighted by molar-refractivity contribution is 5.80. The Morgan fingerprint density at radius 2 is 1.80 bits per heavy atom. The molecule has 132 valence electrons. The number of aromatic hydroxyl groups is 1. The van der Waals surface area contributed by atoms with E-state index < -0.39 is 0 Å².